The topological polar surface area (TPSA) is 67.4 Å². The third-order valence-electron chi connectivity index (χ3n) is 4.86. The van der Waals surface area contributed by atoms with Gasteiger partial charge in [-0.2, -0.15) is 0 Å². The van der Waals surface area contributed by atoms with Crippen LogP contribution in [0.15, 0.2) is 72.4 Å². The summed E-state index contributed by atoms with van der Waals surface area (Å²) in [7, 11) is 0. The molecule has 2 amide bonds. The monoisotopic (exact) mass is 416 g/mol. The molecule has 31 heavy (non-hydrogen) atoms. The molecule has 0 atom stereocenters. The molecule has 0 radical (unpaired) electrons. The van der Waals surface area contributed by atoms with Crippen molar-refractivity contribution in [3.63, 3.8) is 0 Å². The van der Waals surface area contributed by atoms with Gasteiger partial charge < -0.3 is 15.4 Å². The molecule has 5 heteroatoms. The Bertz CT molecular complexity index is 1070. The molecule has 0 aliphatic rings. The molecule has 3 aromatic carbocycles. The van der Waals surface area contributed by atoms with Crippen LogP contribution < -0.4 is 15.4 Å². The molecule has 3 aromatic rings. The van der Waals surface area contributed by atoms with Gasteiger partial charge in [0.2, 0.25) is 0 Å². The summed E-state index contributed by atoms with van der Waals surface area (Å²) in [4.78, 5) is 25.6. The molecule has 5 nitrogen and oxygen atoms in total. The molecule has 0 aliphatic heterocycles. The zero-order chi connectivity index (χ0) is 22.1. The van der Waals surface area contributed by atoms with E-state index in [9.17, 15) is 9.59 Å². The molecule has 2 N–H and O–H groups in total. The van der Waals surface area contributed by atoms with Crippen molar-refractivity contribution in [2.24, 2.45) is 0 Å². The fourth-order valence-electron chi connectivity index (χ4n) is 3.27. The third-order valence-corrected chi connectivity index (χ3v) is 4.86. The average Bonchev–Trinajstić information content (AvgIpc) is 2.80. The van der Waals surface area contributed by atoms with E-state index < -0.39 is 0 Å². The number of rotatable bonds is 9. The van der Waals surface area contributed by atoms with Gasteiger partial charge in [0.25, 0.3) is 11.8 Å². The van der Waals surface area contributed by atoms with E-state index in [0.29, 0.717) is 18.7 Å². The number of fused-ring (bicyclic) bond motifs is 1. The first-order valence-corrected chi connectivity index (χ1v) is 10.6. The summed E-state index contributed by atoms with van der Waals surface area (Å²) in [5, 5.41) is 7.59. The van der Waals surface area contributed by atoms with E-state index in [1.165, 1.54) is 0 Å². The van der Waals surface area contributed by atoms with Gasteiger partial charge in [-0.1, -0.05) is 61.9 Å². The van der Waals surface area contributed by atoms with Gasteiger partial charge in [0.15, 0.2) is 0 Å². The molecule has 0 spiro atoms. The Kier molecular flexibility index (Phi) is 7.82. The number of ether oxygens (including phenoxy) is 1. The highest BCUT2D eigenvalue weighted by Gasteiger charge is 2.15. The zero-order valence-corrected chi connectivity index (χ0v) is 18.0. The minimum Gasteiger partial charge on any atom is -0.493 e. The minimum atomic E-state index is -0.326. The van der Waals surface area contributed by atoms with Crippen LogP contribution in [-0.4, -0.2) is 25.0 Å². The fraction of sp³-hybridized carbons (Fsp3) is 0.231. The highest BCUT2D eigenvalue weighted by molar-refractivity contribution is 6.07. The van der Waals surface area contributed by atoms with Crippen LogP contribution in [0.3, 0.4) is 0 Å². The van der Waals surface area contributed by atoms with Crippen molar-refractivity contribution in [2.75, 3.05) is 13.2 Å². The second kappa shape index (κ2) is 11.0. The maximum absolute atomic E-state index is 12.9. The molecule has 0 bridgehead atoms. The smallest absolute Gasteiger partial charge is 0.267 e. The maximum atomic E-state index is 12.9. The third kappa shape index (κ3) is 5.72. The zero-order valence-electron chi connectivity index (χ0n) is 18.0. The lowest BCUT2D eigenvalue weighted by molar-refractivity contribution is -0.117. The number of nitrogens with one attached hydrogen (secondary N) is 2. The first-order chi connectivity index (χ1) is 15.1. The van der Waals surface area contributed by atoms with Crippen LogP contribution in [0.1, 0.15) is 42.6 Å². The Labute approximate surface area is 183 Å². The van der Waals surface area contributed by atoms with Crippen LogP contribution in [0.25, 0.3) is 16.8 Å². The van der Waals surface area contributed by atoms with E-state index in [0.717, 1.165) is 34.9 Å². The van der Waals surface area contributed by atoms with Crippen LogP contribution in [0.4, 0.5) is 0 Å². The lowest BCUT2D eigenvalue weighted by atomic mass is 10.0. The summed E-state index contributed by atoms with van der Waals surface area (Å²) in [6.45, 7) is 5.13. The largest absolute Gasteiger partial charge is 0.493 e. The maximum Gasteiger partial charge on any atom is 0.267 e. The van der Waals surface area contributed by atoms with Gasteiger partial charge in [0, 0.05) is 17.5 Å². The first-order valence-electron chi connectivity index (χ1n) is 10.6. The van der Waals surface area contributed by atoms with Crippen molar-refractivity contribution < 1.29 is 14.3 Å². The normalized spacial score (nSPS) is 11.2. The summed E-state index contributed by atoms with van der Waals surface area (Å²) in [6, 6.07) is 20.5. The van der Waals surface area contributed by atoms with E-state index >= 15 is 0 Å². The summed E-state index contributed by atoms with van der Waals surface area (Å²) in [5.41, 5.74) is 1.53. The van der Waals surface area contributed by atoms with Gasteiger partial charge in [-0.15, -0.1) is 0 Å². The Morgan fingerprint density at radius 1 is 0.903 bits per heavy atom. The van der Waals surface area contributed by atoms with Crippen LogP contribution in [0.5, 0.6) is 5.75 Å². The molecule has 0 saturated heterocycles. The van der Waals surface area contributed by atoms with Gasteiger partial charge in [0.1, 0.15) is 11.4 Å². The predicted octanol–water partition coefficient (Wildman–Crippen LogP) is 4.93. The highest BCUT2D eigenvalue weighted by atomic mass is 16.5. The van der Waals surface area contributed by atoms with Gasteiger partial charge in [-0.3, -0.25) is 9.59 Å². The van der Waals surface area contributed by atoms with Gasteiger partial charge in [-0.25, -0.2) is 0 Å². The second-order valence-electron chi connectivity index (χ2n) is 7.12. The number of carbonyl (C=O) groups excluding carboxylic acids is 2. The van der Waals surface area contributed by atoms with E-state index in [1.807, 2.05) is 49.4 Å². The number of carbonyl (C=O) groups is 2. The van der Waals surface area contributed by atoms with E-state index in [1.54, 1.807) is 30.3 Å². The molecular weight excluding hydrogens is 388 g/mol. The van der Waals surface area contributed by atoms with Crippen LogP contribution in [-0.2, 0) is 4.79 Å². The average molecular weight is 417 g/mol. The van der Waals surface area contributed by atoms with Crippen molar-refractivity contribution in [2.45, 2.75) is 26.7 Å². The van der Waals surface area contributed by atoms with Crippen molar-refractivity contribution in [3.05, 3.63) is 83.6 Å². The number of hydrogen-bond acceptors (Lipinski definition) is 3. The summed E-state index contributed by atoms with van der Waals surface area (Å²) in [6.07, 6.45) is 3.57. The van der Waals surface area contributed by atoms with Crippen molar-refractivity contribution in [1.82, 2.24) is 10.6 Å². The van der Waals surface area contributed by atoms with E-state index in [4.69, 9.17) is 4.74 Å². The number of hydrogen-bond donors (Lipinski definition) is 2. The van der Waals surface area contributed by atoms with Crippen LogP contribution >= 0.6 is 0 Å². The predicted molar refractivity (Wildman–Crippen MR) is 125 cm³/mol. The second-order valence-corrected chi connectivity index (χ2v) is 7.12. The SMILES string of the molecule is CCCCNC(=O)C(=Cc1ccc(OCC)c2ccccc12)NC(=O)c1ccccc1. The van der Waals surface area contributed by atoms with Gasteiger partial charge in [0.05, 0.1) is 6.61 Å². The van der Waals surface area contributed by atoms with Crippen LogP contribution in [0, 0.1) is 0 Å². The molecule has 3 rings (SSSR count). The summed E-state index contributed by atoms with van der Waals surface area (Å²) in [5.74, 6) is 0.154. The molecule has 0 heterocycles. The highest BCUT2D eigenvalue weighted by Crippen LogP contribution is 2.29. The first kappa shape index (κ1) is 22.1. The quantitative estimate of drug-likeness (QED) is 0.384. The minimum absolute atomic E-state index is 0.208. The molecule has 0 saturated carbocycles. The molecule has 0 unspecified atom stereocenters. The molecule has 0 aromatic heterocycles. The van der Waals surface area contributed by atoms with E-state index in [-0.39, 0.29) is 17.5 Å². The number of benzene rings is 3. The van der Waals surface area contributed by atoms with Gasteiger partial charge >= 0.3 is 0 Å². The van der Waals surface area contributed by atoms with E-state index in [2.05, 4.69) is 17.6 Å². The summed E-state index contributed by atoms with van der Waals surface area (Å²) < 4.78 is 5.74. The lowest BCUT2D eigenvalue weighted by Crippen LogP contribution is -2.35. The molecule has 160 valence electrons. The Balaban J connectivity index is 1.99. The molecule has 0 aliphatic carbocycles. The Morgan fingerprint density at radius 2 is 1.61 bits per heavy atom. The van der Waals surface area contributed by atoms with Crippen LogP contribution in [0.2, 0.25) is 0 Å². The number of amides is 2. The van der Waals surface area contributed by atoms with Crippen molar-refractivity contribution in [1.29, 1.82) is 0 Å². The van der Waals surface area contributed by atoms with Gasteiger partial charge in [-0.05, 0) is 48.6 Å². The molecule has 0 fully saturated rings. The van der Waals surface area contributed by atoms with Crippen molar-refractivity contribution in [3.8, 4) is 5.75 Å². The molecular formula is C26H28N2O3. The Hall–Kier alpha value is -3.60. The fourth-order valence-corrected chi connectivity index (χ4v) is 3.27. The standard InChI is InChI=1S/C26H28N2O3/c1-3-5-17-27-26(30)23(28-25(29)19-11-7-6-8-12-19)18-20-15-16-24(31-4-2)22-14-10-9-13-21(20)22/h6-16,18H,3-5,17H2,1-2H3,(H,27,30)(H,28,29). The van der Waals surface area contributed by atoms with Crippen molar-refractivity contribution >= 4 is 28.7 Å². The lowest BCUT2D eigenvalue weighted by Gasteiger charge is -2.13. The summed E-state index contributed by atoms with van der Waals surface area (Å²) >= 11 is 0. The Morgan fingerprint density at radius 3 is 2.32 bits per heavy atom. The number of unbranched alkanes of at least 4 members (excludes halogenated alkanes) is 1.